The number of pyridine rings is 1. The van der Waals surface area contributed by atoms with Gasteiger partial charge in [0, 0.05) is 60.9 Å². The molecule has 5 heteroatoms. The lowest BCUT2D eigenvalue weighted by Gasteiger charge is -2.38. The van der Waals surface area contributed by atoms with Gasteiger partial charge in [0.25, 0.3) is 5.56 Å². The lowest BCUT2D eigenvalue weighted by Crippen LogP contribution is -2.84. The van der Waals surface area contributed by atoms with E-state index in [1.54, 1.807) is 4.57 Å². The van der Waals surface area contributed by atoms with E-state index >= 15 is 0 Å². The zero-order valence-corrected chi connectivity index (χ0v) is 18.8. The number of ether oxygens (including phenoxy) is 1. The predicted octanol–water partition coefficient (Wildman–Crippen LogP) is 1.42. The summed E-state index contributed by atoms with van der Waals surface area (Å²) < 4.78 is 8.53. The number of hydrogen-bond donors (Lipinski definition) is 1. The fourth-order valence-electron chi connectivity index (χ4n) is 6.33. The molecule has 0 aliphatic carbocycles. The molecule has 0 radical (unpaired) electrons. The van der Waals surface area contributed by atoms with Gasteiger partial charge in [-0.05, 0) is 61.1 Å². The van der Waals surface area contributed by atoms with Gasteiger partial charge < -0.3 is 19.5 Å². The van der Waals surface area contributed by atoms with Crippen LogP contribution in [-0.4, -0.2) is 24.2 Å². The number of fused-ring (bicyclic) bond motifs is 6. The van der Waals surface area contributed by atoms with Crippen LogP contribution in [0.25, 0.3) is 22.7 Å². The minimum Gasteiger partial charge on any atom is -0.455 e. The average molecular weight is 427 g/mol. The first kappa shape index (κ1) is 18.5. The van der Waals surface area contributed by atoms with Crippen molar-refractivity contribution in [3.05, 3.63) is 61.2 Å². The van der Waals surface area contributed by atoms with Crippen LogP contribution in [-0.2, 0) is 26.3 Å². The van der Waals surface area contributed by atoms with Crippen molar-refractivity contribution in [2.24, 2.45) is 7.05 Å². The fourth-order valence-corrected chi connectivity index (χ4v) is 6.33. The highest BCUT2D eigenvalue weighted by Gasteiger charge is 2.30. The molecule has 4 aliphatic heterocycles. The van der Waals surface area contributed by atoms with Gasteiger partial charge in [-0.25, -0.2) is 0 Å². The Morgan fingerprint density at radius 3 is 2.72 bits per heavy atom. The van der Waals surface area contributed by atoms with Gasteiger partial charge in [-0.1, -0.05) is 0 Å². The van der Waals surface area contributed by atoms with Crippen molar-refractivity contribution in [3.63, 3.8) is 0 Å². The molecule has 0 unspecified atom stereocenters. The molecule has 7 rings (SSSR count). The Kier molecular flexibility index (Phi) is 3.75. The molecule has 0 atom stereocenters. The summed E-state index contributed by atoms with van der Waals surface area (Å²) in [7, 11) is 1.89. The first-order chi connectivity index (χ1) is 15.6. The normalized spacial score (nSPS) is 18.3. The van der Waals surface area contributed by atoms with E-state index in [-0.39, 0.29) is 5.56 Å². The van der Waals surface area contributed by atoms with Crippen LogP contribution in [0.15, 0.2) is 23.0 Å². The van der Waals surface area contributed by atoms with Crippen molar-refractivity contribution in [3.8, 4) is 11.5 Å². The summed E-state index contributed by atoms with van der Waals surface area (Å²) in [5, 5.41) is 5.30. The summed E-state index contributed by atoms with van der Waals surface area (Å²) in [6.07, 6.45) is 7.65. The Hall–Kier alpha value is -3.05. The van der Waals surface area contributed by atoms with E-state index in [1.807, 2.05) is 7.05 Å². The number of aromatic nitrogens is 1. The molecule has 0 bridgehead atoms. The molecule has 2 N–H and O–H groups in total. The molecule has 0 spiro atoms. The highest BCUT2D eigenvalue weighted by atomic mass is 16.5. The molecule has 5 heterocycles. The second-order valence-corrected chi connectivity index (χ2v) is 9.78. The first-order valence-corrected chi connectivity index (χ1v) is 11.9. The predicted molar refractivity (Wildman–Crippen MR) is 127 cm³/mol. The third-order valence-corrected chi connectivity index (χ3v) is 7.90. The molecule has 0 amide bonds. The van der Waals surface area contributed by atoms with Gasteiger partial charge in [-0.3, -0.25) is 4.79 Å². The van der Waals surface area contributed by atoms with E-state index in [1.165, 1.54) is 39.7 Å². The van der Waals surface area contributed by atoms with Gasteiger partial charge in [0.05, 0.1) is 17.3 Å². The van der Waals surface area contributed by atoms with Crippen molar-refractivity contribution in [1.29, 1.82) is 0 Å². The molecule has 0 saturated heterocycles. The van der Waals surface area contributed by atoms with E-state index in [9.17, 15) is 4.79 Å². The Labute approximate surface area is 186 Å². The number of nitrogens with zero attached hydrogens (tertiary/aromatic N) is 2. The molecular weight excluding hydrogens is 398 g/mol. The number of rotatable bonds is 0. The molecule has 2 aromatic carbocycles. The maximum Gasteiger partial charge on any atom is 0.261 e. The molecule has 4 aliphatic rings. The number of quaternary nitrogens is 1. The van der Waals surface area contributed by atoms with E-state index in [2.05, 4.69) is 41.4 Å². The summed E-state index contributed by atoms with van der Waals surface area (Å²) in [4.78, 5) is 16.0. The number of hydrogen-bond acceptors (Lipinski definition) is 3. The maximum atomic E-state index is 13.4. The number of aryl methyl sites for hydroxylation is 2. The standard InChI is InChI=1S/C27H27N3O2/c1-15-20-14-23-21(12-16(20)7-8-28-15)26-22(27(31)29(23)2)13-18-11-17-5-3-9-30-10-4-6-19(24(17)30)25(18)32-26/h11-14,28H,3-10H2,1-2H3/p+1. The lowest BCUT2D eigenvalue weighted by atomic mass is 9.88. The lowest BCUT2D eigenvalue weighted by molar-refractivity contribution is -0.567. The highest BCUT2D eigenvalue weighted by Crippen LogP contribution is 2.45. The summed E-state index contributed by atoms with van der Waals surface area (Å²) in [5.74, 6) is 1.72. The van der Waals surface area contributed by atoms with Crippen molar-refractivity contribution in [2.75, 3.05) is 24.5 Å². The number of benzene rings is 2. The van der Waals surface area contributed by atoms with Crippen LogP contribution in [0.1, 0.15) is 42.0 Å². The van der Waals surface area contributed by atoms with Crippen LogP contribution in [0, 0.1) is 0 Å². The maximum absolute atomic E-state index is 13.4. The first-order valence-electron chi connectivity index (χ1n) is 11.9. The van der Waals surface area contributed by atoms with Crippen molar-refractivity contribution in [2.45, 2.75) is 39.0 Å². The zero-order valence-electron chi connectivity index (χ0n) is 18.8. The number of nitrogens with two attached hydrogens (primary N) is 1. The van der Waals surface area contributed by atoms with Gasteiger partial charge in [0.2, 0.25) is 0 Å². The number of anilines is 1. The SMILES string of the molecule is CC1=c2cc3c(cc2CC[NH2+]1)c1c(c(=O)n3C)=Cc2cc3c4c(c2O1)CCCN4CCC3. The minimum absolute atomic E-state index is 0.0172. The second-order valence-electron chi connectivity index (χ2n) is 9.78. The second kappa shape index (κ2) is 6.48. The van der Waals surface area contributed by atoms with Crippen LogP contribution in [0.5, 0.6) is 11.5 Å². The van der Waals surface area contributed by atoms with Crippen LogP contribution in [0.2, 0.25) is 0 Å². The van der Waals surface area contributed by atoms with E-state index in [0.29, 0.717) is 5.22 Å². The molecular formula is C27H28N3O2+. The van der Waals surface area contributed by atoms with Crippen LogP contribution in [0.4, 0.5) is 5.69 Å². The largest absolute Gasteiger partial charge is 0.455 e. The average Bonchev–Trinajstić information content (AvgIpc) is 2.82. The van der Waals surface area contributed by atoms with E-state index in [4.69, 9.17) is 4.74 Å². The molecule has 3 aromatic rings. The smallest absolute Gasteiger partial charge is 0.261 e. The van der Waals surface area contributed by atoms with Crippen LogP contribution >= 0.6 is 0 Å². The van der Waals surface area contributed by atoms with E-state index in [0.717, 1.165) is 73.3 Å². The summed E-state index contributed by atoms with van der Waals surface area (Å²) in [5.41, 5.74) is 8.86. The quantitative estimate of drug-likeness (QED) is 0.463. The van der Waals surface area contributed by atoms with Crippen molar-refractivity contribution >= 4 is 28.4 Å². The summed E-state index contributed by atoms with van der Waals surface area (Å²) in [6, 6.07) is 6.74. The zero-order chi connectivity index (χ0) is 21.6. The van der Waals surface area contributed by atoms with Crippen LogP contribution < -0.4 is 31.0 Å². The third kappa shape index (κ3) is 2.40. The molecule has 32 heavy (non-hydrogen) atoms. The Bertz CT molecular complexity index is 1530. The van der Waals surface area contributed by atoms with Gasteiger partial charge >= 0.3 is 0 Å². The molecule has 162 valence electrons. The molecule has 5 nitrogen and oxygen atoms in total. The van der Waals surface area contributed by atoms with Crippen molar-refractivity contribution in [1.82, 2.24) is 4.57 Å². The van der Waals surface area contributed by atoms with Gasteiger partial charge in [-0.2, -0.15) is 0 Å². The highest BCUT2D eigenvalue weighted by molar-refractivity contribution is 5.89. The fraction of sp³-hybridized carbons (Fsp3) is 0.370. The summed E-state index contributed by atoms with van der Waals surface area (Å²) in [6.45, 7) is 5.52. The van der Waals surface area contributed by atoms with Gasteiger partial charge in [0.1, 0.15) is 17.2 Å². The Morgan fingerprint density at radius 1 is 1.00 bits per heavy atom. The summed E-state index contributed by atoms with van der Waals surface area (Å²) >= 11 is 0. The van der Waals surface area contributed by atoms with Gasteiger partial charge in [-0.15, -0.1) is 0 Å². The molecule has 1 aromatic heterocycles. The van der Waals surface area contributed by atoms with Crippen molar-refractivity contribution < 1.29 is 10.1 Å². The third-order valence-electron chi connectivity index (χ3n) is 7.90. The topological polar surface area (TPSA) is 51.1 Å². The molecule has 0 fully saturated rings. The monoisotopic (exact) mass is 426 g/mol. The Morgan fingerprint density at radius 2 is 1.84 bits per heavy atom. The molecule has 0 saturated carbocycles. The van der Waals surface area contributed by atoms with E-state index < -0.39 is 0 Å². The Balaban J connectivity index is 1.56. The van der Waals surface area contributed by atoms with Crippen LogP contribution in [0.3, 0.4) is 0 Å². The minimum atomic E-state index is 0.0172. The van der Waals surface area contributed by atoms with Gasteiger partial charge in [0.15, 0.2) is 0 Å².